The minimum absolute atomic E-state index is 0. The maximum absolute atomic E-state index is 9.62. The molecule has 0 unspecified atom stereocenters. The molecule has 0 aromatic heterocycles. The summed E-state index contributed by atoms with van der Waals surface area (Å²) in [5, 5.41) is 5.95. The molecular formula is H16N4O14S3. The molecule has 18 nitrogen and oxygen atoms in total. The number of hydrogen-bond acceptors (Lipinski definition) is 14. The summed E-state index contributed by atoms with van der Waals surface area (Å²) >= 11 is 0. The fourth-order valence-electron chi connectivity index (χ4n) is 0.0929. The lowest BCUT2D eigenvalue weighted by atomic mass is 14.0. The van der Waals surface area contributed by atoms with E-state index in [1.54, 1.807) is 0 Å². The SMILES string of the molecule is N.N.N.N.O=S(=O)(O)O.O=S(=O)(O)OOOOS(=O)(=O)O. The Morgan fingerprint density at radius 2 is 0.667 bits per heavy atom. The molecule has 0 aliphatic carbocycles. The molecule has 0 saturated carbocycles. The van der Waals surface area contributed by atoms with Crippen molar-refractivity contribution in [2.45, 2.75) is 0 Å². The Hall–Kier alpha value is -0.630. The summed E-state index contributed by atoms with van der Waals surface area (Å²) in [6.07, 6.45) is 0. The fraction of sp³-hybridized carbons (Fsp3) is 0. The van der Waals surface area contributed by atoms with E-state index in [0.29, 0.717) is 0 Å². The third-order valence-electron chi connectivity index (χ3n) is 0.255. The topological polar surface area (TPSA) is 360 Å². The van der Waals surface area contributed by atoms with Crippen LogP contribution in [0.5, 0.6) is 0 Å². The van der Waals surface area contributed by atoms with E-state index >= 15 is 0 Å². The van der Waals surface area contributed by atoms with Crippen LogP contribution in [0.4, 0.5) is 0 Å². The standard InChI is InChI=1S/4H3N.H2O10S2.H2O4S/c;;;;1-11(2,3)9-7-8-10-12(4,5)6;1-5(2,3)4/h4*1H3;(H,1,2,3)(H,4,5,6);(H2,1,2,3,4). The summed E-state index contributed by atoms with van der Waals surface area (Å²) in [5.41, 5.74) is 0. The quantitative estimate of drug-likeness (QED) is 0.113. The molecule has 0 radical (unpaired) electrons. The third-order valence-corrected chi connectivity index (χ3v) is 0.710. The van der Waals surface area contributed by atoms with Crippen LogP contribution in [0.25, 0.3) is 0 Å². The first-order chi connectivity index (χ1) is 7.21. The Morgan fingerprint density at radius 1 is 0.524 bits per heavy atom. The Kier molecular flexibility index (Phi) is 25.2. The van der Waals surface area contributed by atoms with Crippen LogP contribution in [0.15, 0.2) is 0 Å². The molecule has 0 aliphatic rings. The van der Waals surface area contributed by atoms with Gasteiger partial charge in [-0.3, -0.25) is 18.2 Å². The molecule has 0 heterocycles. The normalized spacial score (nSPS) is 10.3. The van der Waals surface area contributed by atoms with Crippen LogP contribution in [0.2, 0.25) is 0 Å². The summed E-state index contributed by atoms with van der Waals surface area (Å²) in [7, 11) is -14.6. The Labute approximate surface area is 118 Å². The van der Waals surface area contributed by atoms with Crippen molar-refractivity contribution in [3.63, 3.8) is 0 Å². The van der Waals surface area contributed by atoms with E-state index in [9.17, 15) is 16.8 Å². The minimum Gasteiger partial charge on any atom is -0.344 e. The van der Waals surface area contributed by atoms with Gasteiger partial charge in [-0.05, 0) is 10.1 Å². The molecule has 16 N–H and O–H groups in total. The molecule has 0 atom stereocenters. The van der Waals surface area contributed by atoms with Gasteiger partial charge >= 0.3 is 31.2 Å². The van der Waals surface area contributed by atoms with Crippen molar-refractivity contribution < 1.29 is 62.2 Å². The maximum atomic E-state index is 9.62. The van der Waals surface area contributed by atoms with Gasteiger partial charge in [-0.1, -0.05) is 8.67 Å². The van der Waals surface area contributed by atoms with Gasteiger partial charge in [-0.15, -0.1) is 0 Å². The monoisotopic (exact) mass is 392 g/mol. The van der Waals surface area contributed by atoms with Crippen LogP contribution in [-0.2, 0) is 49.9 Å². The van der Waals surface area contributed by atoms with Gasteiger partial charge in [0.05, 0.1) is 0 Å². The van der Waals surface area contributed by atoms with Gasteiger partial charge in [0.25, 0.3) is 0 Å². The van der Waals surface area contributed by atoms with Crippen molar-refractivity contribution in [1.82, 2.24) is 24.6 Å². The molecule has 0 aliphatic heterocycles. The summed E-state index contributed by atoms with van der Waals surface area (Å²) in [5.74, 6) is 0. The highest BCUT2D eigenvalue weighted by atomic mass is 32.3. The first-order valence-corrected chi connectivity index (χ1v) is 6.69. The Bertz CT molecular complexity index is 456. The number of rotatable bonds is 5. The first kappa shape index (κ1) is 37.0. The highest BCUT2D eigenvalue weighted by molar-refractivity contribution is 7.81. The molecule has 0 spiro atoms. The molecular weight excluding hydrogens is 376 g/mol. The van der Waals surface area contributed by atoms with Crippen LogP contribution >= 0.6 is 0 Å². The Balaban J connectivity index is -0.0000000552. The van der Waals surface area contributed by atoms with Crippen molar-refractivity contribution in [1.29, 1.82) is 0 Å². The molecule has 21 heteroatoms. The van der Waals surface area contributed by atoms with Gasteiger partial charge < -0.3 is 24.6 Å². The molecule has 0 rings (SSSR count). The predicted molar refractivity (Wildman–Crippen MR) is 61.7 cm³/mol. The zero-order chi connectivity index (χ0) is 14.3. The summed E-state index contributed by atoms with van der Waals surface area (Å²) < 4.78 is 91.4. The van der Waals surface area contributed by atoms with E-state index in [1.165, 1.54) is 0 Å². The van der Waals surface area contributed by atoms with Crippen molar-refractivity contribution in [3.05, 3.63) is 0 Å². The second-order valence-corrected chi connectivity index (χ2v) is 4.45. The van der Waals surface area contributed by atoms with Crippen LogP contribution in [0, 0.1) is 0 Å². The average Bonchev–Trinajstić information content (AvgIpc) is 1.91. The maximum Gasteiger partial charge on any atom is 0.426 e. The van der Waals surface area contributed by atoms with Crippen molar-refractivity contribution in [2.75, 3.05) is 0 Å². The molecule has 0 fully saturated rings. The van der Waals surface area contributed by atoms with Crippen LogP contribution in [-0.4, -0.2) is 43.5 Å². The molecule has 138 valence electrons. The van der Waals surface area contributed by atoms with Gasteiger partial charge in [0.1, 0.15) is 0 Å². The molecule has 0 bridgehead atoms. The van der Waals surface area contributed by atoms with E-state index in [0.717, 1.165) is 0 Å². The first-order valence-electron chi connectivity index (χ1n) is 2.56. The van der Waals surface area contributed by atoms with E-state index in [2.05, 4.69) is 18.7 Å². The molecule has 21 heavy (non-hydrogen) atoms. The highest BCUT2D eigenvalue weighted by Crippen LogP contribution is 1.93. The summed E-state index contributed by atoms with van der Waals surface area (Å²) in [4.78, 5) is 0. The van der Waals surface area contributed by atoms with Gasteiger partial charge in [-0.2, -0.15) is 25.3 Å². The molecule has 0 aromatic carbocycles. The van der Waals surface area contributed by atoms with Gasteiger partial charge in [0.15, 0.2) is 0 Å². The smallest absolute Gasteiger partial charge is 0.344 e. The van der Waals surface area contributed by atoms with Crippen molar-refractivity contribution in [2.24, 2.45) is 0 Å². The van der Waals surface area contributed by atoms with E-state index in [-0.39, 0.29) is 24.6 Å². The zero-order valence-electron chi connectivity index (χ0n) is 9.92. The largest absolute Gasteiger partial charge is 0.426 e. The second-order valence-electron chi connectivity index (χ2n) is 1.58. The van der Waals surface area contributed by atoms with Crippen LogP contribution < -0.4 is 24.6 Å². The van der Waals surface area contributed by atoms with Crippen LogP contribution in [0.1, 0.15) is 0 Å². The van der Waals surface area contributed by atoms with Crippen LogP contribution in [0.3, 0.4) is 0 Å². The minimum atomic E-state index is -4.95. The Morgan fingerprint density at radius 3 is 0.762 bits per heavy atom. The van der Waals surface area contributed by atoms with Gasteiger partial charge in [0, 0.05) is 0 Å². The van der Waals surface area contributed by atoms with E-state index in [4.69, 9.17) is 26.6 Å². The van der Waals surface area contributed by atoms with Crippen molar-refractivity contribution in [3.8, 4) is 0 Å². The molecule has 0 amide bonds. The third kappa shape index (κ3) is 83.4. The predicted octanol–water partition coefficient (Wildman–Crippen LogP) is -1.60. The summed E-state index contributed by atoms with van der Waals surface area (Å²) in [6.45, 7) is 0. The van der Waals surface area contributed by atoms with E-state index < -0.39 is 31.2 Å². The summed E-state index contributed by atoms with van der Waals surface area (Å²) in [6, 6.07) is 0. The lowest BCUT2D eigenvalue weighted by Gasteiger charge is -1.95. The zero-order valence-corrected chi connectivity index (χ0v) is 12.4. The van der Waals surface area contributed by atoms with E-state index in [1.807, 2.05) is 0 Å². The van der Waals surface area contributed by atoms with Gasteiger partial charge in [-0.25, -0.2) is 0 Å². The van der Waals surface area contributed by atoms with Gasteiger partial charge in [0.2, 0.25) is 0 Å². The van der Waals surface area contributed by atoms with Crippen molar-refractivity contribution >= 4 is 31.2 Å². The lowest BCUT2D eigenvalue weighted by molar-refractivity contribution is -0.577. The second kappa shape index (κ2) is 14.3. The number of hydrogen-bond donors (Lipinski definition) is 8. The lowest BCUT2D eigenvalue weighted by Crippen LogP contribution is -2.09. The highest BCUT2D eigenvalue weighted by Gasteiger charge is 2.10. The average molecular weight is 392 g/mol. The molecule has 0 aromatic rings. The fourth-order valence-corrected chi connectivity index (χ4v) is 0.279. The molecule has 0 saturated heterocycles.